The van der Waals surface area contributed by atoms with E-state index in [1.54, 1.807) is 6.07 Å². The van der Waals surface area contributed by atoms with Crippen molar-refractivity contribution in [1.82, 2.24) is 14.8 Å². The zero-order chi connectivity index (χ0) is 12.4. The summed E-state index contributed by atoms with van der Waals surface area (Å²) in [6.45, 7) is 2.88. The summed E-state index contributed by atoms with van der Waals surface area (Å²) in [5.74, 6) is 0.524. The van der Waals surface area contributed by atoms with E-state index in [9.17, 15) is 4.39 Å². The van der Waals surface area contributed by atoms with Crippen molar-refractivity contribution in [2.75, 3.05) is 0 Å². The van der Waals surface area contributed by atoms with E-state index in [1.807, 2.05) is 4.57 Å². The Morgan fingerprint density at radius 2 is 2.29 bits per heavy atom. The van der Waals surface area contributed by atoms with E-state index in [0.717, 1.165) is 27.9 Å². The normalized spacial score (nSPS) is 10.8. The molecule has 0 unspecified atom stereocenters. The lowest BCUT2D eigenvalue weighted by molar-refractivity contribution is 0.626. The molecule has 0 atom stereocenters. The Balaban J connectivity index is 2.56. The van der Waals surface area contributed by atoms with Crippen molar-refractivity contribution in [2.24, 2.45) is 0 Å². The summed E-state index contributed by atoms with van der Waals surface area (Å²) in [7, 11) is 0. The molecule has 0 aliphatic carbocycles. The van der Waals surface area contributed by atoms with Gasteiger partial charge in [0, 0.05) is 15.7 Å². The van der Waals surface area contributed by atoms with Crippen LogP contribution in [0.1, 0.15) is 13.3 Å². The van der Waals surface area contributed by atoms with E-state index >= 15 is 0 Å². The molecule has 1 heterocycles. The molecule has 0 saturated heterocycles. The van der Waals surface area contributed by atoms with Gasteiger partial charge in [-0.3, -0.25) is 5.10 Å². The van der Waals surface area contributed by atoms with Crippen LogP contribution in [-0.4, -0.2) is 14.8 Å². The molecule has 0 spiro atoms. The Kier molecular flexibility index (Phi) is 3.93. The fourth-order valence-electron chi connectivity index (χ4n) is 1.63. The minimum absolute atomic E-state index is 0.241. The number of rotatable bonds is 3. The molecule has 0 bridgehead atoms. The van der Waals surface area contributed by atoms with Gasteiger partial charge in [0.25, 0.3) is 0 Å². The van der Waals surface area contributed by atoms with Gasteiger partial charge in [-0.05, 0) is 59.4 Å². The van der Waals surface area contributed by atoms with Gasteiger partial charge in [0.05, 0.1) is 0 Å². The maximum absolute atomic E-state index is 13.1. The average molecular weight is 363 g/mol. The summed E-state index contributed by atoms with van der Waals surface area (Å²) in [6, 6.07) is 4.66. The number of H-pyrrole nitrogens is 1. The molecule has 0 aliphatic rings. The zero-order valence-electron chi connectivity index (χ0n) is 9.20. The third kappa shape index (κ3) is 2.57. The van der Waals surface area contributed by atoms with Crippen molar-refractivity contribution in [1.29, 1.82) is 0 Å². The second kappa shape index (κ2) is 5.26. The molecule has 1 N–H and O–H groups in total. The van der Waals surface area contributed by atoms with E-state index in [2.05, 4.69) is 39.7 Å². The lowest BCUT2D eigenvalue weighted by Gasteiger charge is -2.06. The molecule has 0 saturated carbocycles. The molecular weight excluding hydrogens is 352 g/mol. The van der Waals surface area contributed by atoms with Gasteiger partial charge in [-0.2, -0.15) is 5.10 Å². The number of nitrogens with zero attached hydrogens (tertiary/aromatic N) is 2. The van der Waals surface area contributed by atoms with E-state index in [0.29, 0.717) is 4.77 Å². The summed E-state index contributed by atoms with van der Waals surface area (Å²) in [6.07, 6.45) is 0.971. The van der Waals surface area contributed by atoms with Crippen molar-refractivity contribution in [3.8, 4) is 11.4 Å². The minimum atomic E-state index is -0.241. The summed E-state index contributed by atoms with van der Waals surface area (Å²) in [5.41, 5.74) is 0.896. The lowest BCUT2D eigenvalue weighted by atomic mass is 10.2. The van der Waals surface area contributed by atoms with Gasteiger partial charge in [0.15, 0.2) is 10.6 Å². The molecule has 0 fully saturated rings. The molecule has 3 nitrogen and oxygen atoms in total. The van der Waals surface area contributed by atoms with Crippen LogP contribution in [-0.2, 0) is 6.54 Å². The number of aromatic amines is 1. The van der Waals surface area contributed by atoms with Gasteiger partial charge in [-0.15, -0.1) is 0 Å². The van der Waals surface area contributed by atoms with Crippen LogP contribution in [0.15, 0.2) is 18.2 Å². The van der Waals surface area contributed by atoms with Crippen molar-refractivity contribution < 1.29 is 4.39 Å². The Hall–Kier alpha value is -0.760. The largest absolute Gasteiger partial charge is 0.300 e. The highest BCUT2D eigenvalue weighted by Crippen LogP contribution is 2.24. The van der Waals surface area contributed by atoms with Gasteiger partial charge in [0.1, 0.15) is 5.82 Å². The van der Waals surface area contributed by atoms with Crippen molar-refractivity contribution in [3.63, 3.8) is 0 Å². The highest BCUT2D eigenvalue weighted by Gasteiger charge is 2.11. The third-order valence-corrected chi connectivity index (χ3v) is 3.58. The van der Waals surface area contributed by atoms with Gasteiger partial charge < -0.3 is 4.57 Å². The molecule has 1 aromatic heterocycles. The monoisotopic (exact) mass is 363 g/mol. The van der Waals surface area contributed by atoms with Crippen LogP contribution in [0, 0.1) is 14.2 Å². The van der Waals surface area contributed by atoms with Crippen LogP contribution in [0.5, 0.6) is 0 Å². The number of hydrogen-bond donors (Lipinski definition) is 1. The Labute approximate surface area is 117 Å². The first kappa shape index (κ1) is 12.7. The standard InChI is InChI=1S/C11H11FIN3S/c1-2-5-16-10(14-15-11(16)17)8-4-3-7(12)6-9(8)13/h3-4,6H,2,5H2,1H3,(H,15,17). The van der Waals surface area contributed by atoms with Crippen LogP contribution < -0.4 is 0 Å². The van der Waals surface area contributed by atoms with E-state index in [4.69, 9.17) is 12.2 Å². The fraction of sp³-hybridized carbons (Fsp3) is 0.273. The molecule has 6 heteroatoms. The first-order chi connectivity index (χ1) is 8.13. The molecule has 0 aliphatic heterocycles. The quantitative estimate of drug-likeness (QED) is 0.666. The molecule has 2 rings (SSSR count). The SMILES string of the molecule is CCCn1c(-c2ccc(F)cc2I)n[nH]c1=S. The van der Waals surface area contributed by atoms with Gasteiger partial charge in [-0.25, -0.2) is 4.39 Å². The Bertz CT molecular complexity index is 591. The predicted octanol–water partition coefficient (Wildman–Crippen LogP) is 3.76. The molecular formula is C11H11FIN3S. The van der Waals surface area contributed by atoms with E-state index in [-0.39, 0.29) is 5.82 Å². The summed E-state index contributed by atoms with van der Waals surface area (Å²) >= 11 is 7.28. The molecule has 2 aromatic rings. The molecule has 1 aromatic carbocycles. The van der Waals surface area contributed by atoms with Crippen molar-refractivity contribution in [2.45, 2.75) is 19.9 Å². The van der Waals surface area contributed by atoms with Crippen LogP contribution in [0.2, 0.25) is 0 Å². The smallest absolute Gasteiger partial charge is 0.195 e. The second-order valence-electron chi connectivity index (χ2n) is 3.63. The predicted molar refractivity (Wildman–Crippen MR) is 75.8 cm³/mol. The number of halogens is 2. The fourth-order valence-corrected chi connectivity index (χ4v) is 2.57. The summed E-state index contributed by atoms with van der Waals surface area (Å²) in [5, 5.41) is 6.99. The maximum atomic E-state index is 13.1. The maximum Gasteiger partial charge on any atom is 0.195 e. The molecule has 0 amide bonds. The first-order valence-electron chi connectivity index (χ1n) is 5.24. The van der Waals surface area contributed by atoms with E-state index in [1.165, 1.54) is 12.1 Å². The van der Waals surface area contributed by atoms with Crippen LogP contribution in [0.4, 0.5) is 4.39 Å². The first-order valence-corrected chi connectivity index (χ1v) is 6.72. The number of nitrogens with one attached hydrogen (secondary N) is 1. The van der Waals surface area contributed by atoms with E-state index < -0.39 is 0 Å². The highest BCUT2D eigenvalue weighted by molar-refractivity contribution is 14.1. The second-order valence-corrected chi connectivity index (χ2v) is 5.18. The van der Waals surface area contributed by atoms with Crippen molar-refractivity contribution in [3.05, 3.63) is 32.4 Å². The molecule has 0 radical (unpaired) electrons. The minimum Gasteiger partial charge on any atom is -0.300 e. The van der Waals surface area contributed by atoms with Gasteiger partial charge >= 0.3 is 0 Å². The number of hydrogen-bond acceptors (Lipinski definition) is 2. The number of benzene rings is 1. The Morgan fingerprint density at radius 1 is 1.53 bits per heavy atom. The highest BCUT2D eigenvalue weighted by atomic mass is 127. The summed E-state index contributed by atoms with van der Waals surface area (Å²) < 4.78 is 16.4. The zero-order valence-corrected chi connectivity index (χ0v) is 12.2. The van der Waals surface area contributed by atoms with Gasteiger partial charge in [-0.1, -0.05) is 6.92 Å². The average Bonchev–Trinajstić information content (AvgIpc) is 2.62. The van der Waals surface area contributed by atoms with Crippen LogP contribution in [0.25, 0.3) is 11.4 Å². The van der Waals surface area contributed by atoms with Crippen LogP contribution >= 0.6 is 34.8 Å². The third-order valence-electron chi connectivity index (χ3n) is 2.38. The Morgan fingerprint density at radius 3 is 2.94 bits per heavy atom. The lowest BCUT2D eigenvalue weighted by Crippen LogP contribution is -2.01. The summed E-state index contributed by atoms with van der Waals surface area (Å²) in [4.78, 5) is 0. The van der Waals surface area contributed by atoms with Crippen LogP contribution in [0.3, 0.4) is 0 Å². The van der Waals surface area contributed by atoms with Crippen molar-refractivity contribution >= 4 is 34.8 Å². The topological polar surface area (TPSA) is 33.6 Å². The molecule has 17 heavy (non-hydrogen) atoms. The molecule has 90 valence electrons. The number of aromatic nitrogens is 3. The van der Waals surface area contributed by atoms with Gasteiger partial charge in [0.2, 0.25) is 0 Å².